The van der Waals surface area contributed by atoms with Crippen LogP contribution in [-0.4, -0.2) is 5.78 Å². The van der Waals surface area contributed by atoms with Crippen LogP contribution in [0.15, 0.2) is 55.1 Å². The second-order valence-corrected chi connectivity index (χ2v) is 4.53. The highest BCUT2D eigenvalue weighted by atomic mass is 16.1. The topological polar surface area (TPSA) is 17.1 Å². The van der Waals surface area contributed by atoms with Gasteiger partial charge in [-0.2, -0.15) is 0 Å². The molecular weight excluding hydrogens is 220 g/mol. The van der Waals surface area contributed by atoms with Crippen LogP contribution in [-0.2, 0) is 11.2 Å². The average Bonchev–Trinajstić information content (AvgIpc) is 2.39. The molecule has 0 heterocycles. The van der Waals surface area contributed by atoms with Gasteiger partial charge in [-0.1, -0.05) is 48.5 Å². The third kappa shape index (κ3) is 3.07. The number of hydrogen-bond acceptors (Lipinski definition) is 1. The fraction of sp³-hybridized carbons (Fsp3) is 0.235. The molecule has 2 rings (SSSR count). The van der Waals surface area contributed by atoms with Crippen molar-refractivity contribution >= 4 is 16.6 Å². The van der Waals surface area contributed by atoms with E-state index in [1.54, 1.807) is 0 Å². The lowest BCUT2D eigenvalue weighted by molar-refractivity contribution is -0.118. The van der Waals surface area contributed by atoms with E-state index < -0.39 is 0 Å². The minimum absolute atomic E-state index is 0.313. The summed E-state index contributed by atoms with van der Waals surface area (Å²) in [5, 5.41) is 2.39. The molecule has 0 atom stereocenters. The first kappa shape index (κ1) is 12.6. The van der Waals surface area contributed by atoms with Crippen LogP contribution >= 0.6 is 0 Å². The van der Waals surface area contributed by atoms with Crippen molar-refractivity contribution in [2.24, 2.45) is 0 Å². The van der Waals surface area contributed by atoms with E-state index in [1.807, 2.05) is 30.3 Å². The summed E-state index contributed by atoms with van der Waals surface area (Å²) >= 11 is 0. The molecule has 2 aromatic carbocycles. The molecule has 0 N–H and O–H groups in total. The highest BCUT2D eigenvalue weighted by molar-refractivity contribution is 5.90. The average molecular weight is 238 g/mol. The number of allylic oxidation sites excluding steroid dienone is 1. The quantitative estimate of drug-likeness (QED) is 0.541. The van der Waals surface area contributed by atoms with Crippen LogP contribution in [0.4, 0.5) is 0 Å². The van der Waals surface area contributed by atoms with Gasteiger partial charge in [0.2, 0.25) is 0 Å². The molecule has 0 saturated carbocycles. The first-order valence-corrected chi connectivity index (χ1v) is 6.40. The van der Waals surface area contributed by atoms with E-state index in [1.165, 1.54) is 10.8 Å². The SMILES string of the molecule is C=CCCCC(=O)Cc1cccc2ccccc12. The number of unbranched alkanes of at least 4 members (excludes halogenated alkanes) is 1. The van der Waals surface area contributed by atoms with Crippen molar-refractivity contribution in [1.29, 1.82) is 0 Å². The van der Waals surface area contributed by atoms with Gasteiger partial charge in [0.05, 0.1) is 0 Å². The maximum absolute atomic E-state index is 11.9. The number of carbonyl (C=O) groups excluding carboxylic acids is 1. The molecular formula is C17H18O. The predicted octanol–water partition coefficient (Wildman–Crippen LogP) is 4.31. The van der Waals surface area contributed by atoms with Gasteiger partial charge in [-0.3, -0.25) is 4.79 Å². The lowest BCUT2D eigenvalue weighted by atomic mass is 9.99. The van der Waals surface area contributed by atoms with Crippen molar-refractivity contribution in [3.05, 3.63) is 60.7 Å². The van der Waals surface area contributed by atoms with Crippen molar-refractivity contribution < 1.29 is 4.79 Å². The highest BCUT2D eigenvalue weighted by Crippen LogP contribution is 2.19. The zero-order chi connectivity index (χ0) is 12.8. The van der Waals surface area contributed by atoms with Gasteiger partial charge in [0.1, 0.15) is 5.78 Å². The third-order valence-electron chi connectivity index (χ3n) is 3.13. The molecule has 0 spiro atoms. The first-order valence-electron chi connectivity index (χ1n) is 6.40. The molecule has 1 heteroatoms. The van der Waals surface area contributed by atoms with Gasteiger partial charge in [0.25, 0.3) is 0 Å². The number of fused-ring (bicyclic) bond motifs is 1. The summed E-state index contributed by atoms with van der Waals surface area (Å²) in [5.41, 5.74) is 1.14. The number of benzene rings is 2. The Bertz CT molecular complexity index is 549. The second-order valence-electron chi connectivity index (χ2n) is 4.53. The number of carbonyl (C=O) groups is 1. The van der Waals surface area contributed by atoms with Crippen molar-refractivity contribution in [1.82, 2.24) is 0 Å². The summed E-state index contributed by atoms with van der Waals surface area (Å²) in [6.07, 6.45) is 4.88. The molecule has 0 bridgehead atoms. The Morgan fingerprint density at radius 3 is 2.72 bits per heavy atom. The van der Waals surface area contributed by atoms with Crippen LogP contribution in [0, 0.1) is 0 Å². The van der Waals surface area contributed by atoms with Crippen LogP contribution in [0.5, 0.6) is 0 Å². The van der Waals surface area contributed by atoms with E-state index in [0.717, 1.165) is 18.4 Å². The Morgan fingerprint density at radius 1 is 1.11 bits per heavy atom. The van der Waals surface area contributed by atoms with Crippen LogP contribution < -0.4 is 0 Å². The van der Waals surface area contributed by atoms with E-state index in [-0.39, 0.29) is 0 Å². The van der Waals surface area contributed by atoms with E-state index in [0.29, 0.717) is 18.6 Å². The van der Waals surface area contributed by atoms with E-state index in [9.17, 15) is 4.79 Å². The predicted molar refractivity (Wildman–Crippen MR) is 76.7 cm³/mol. The molecule has 0 fully saturated rings. The van der Waals surface area contributed by atoms with E-state index >= 15 is 0 Å². The van der Waals surface area contributed by atoms with Gasteiger partial charge in [0.15, 0.2) is 0 Å². The van der Waals surface area contributed by atoms with Gasteiger partial charge < -0.3 is 0 Å². The summed E-state index contributed by atoms with van der Waals surface area (Å²) in [6.45, 7) is 3.67. The minimum Gasteiger partial charge on any atom is -0.299 e. The Morgan fingerprint density at radius 2 is 1.89 bits per heavy atom. The second kappa shape index (κ2) is 6.15. The molecule has 2 aromatic rings. The molecule has 0 aliphatic rings. The van der Waals surface area contributed by atoms with Crippen molar-refractivity contribution in [2.45, 2.75) is 25.7 Å². The van der Waals surface area contributed by atoms with E-state index in [2.05, 4.69) is 24.8 Å². The number of ketones is 1. The van der Waals surface area contributed by atoms with Gasteiger partial charge in [-0.15, -0.1) is 6.58 Å². The fourth-order valence-electron chi connectivity index (χ4n) is 2.19. The fourth-order valence-corrected chi connectivity index (χ4v) is 2.19. The zero-order valence-electron chi connectivity index (χ0n) is 10.6. The Labute approximate surface area is 108 Å². The van der Waals surface area contributed by atoms with E-state index in [4.69, 9.17) is 0 Å². The zero-order valence-corrected chi connectivity index (χ0v) is 10.6. The smallest absolute Gasteiger partial charge is 0.137 e. The summed E-state index contributed by atoms with van der Waals surface area (Å²) in [4.78, 5) is 11.9. The standard InChI is InChI=1S/C17H18O/c1-2-3-4-11-16(18)13-15-10-7-9-14-8-5-6-12-17(14)15/h2,5-10,12H,1,3-4,11,13H2. The molecule has 0 aliphatic heterocycles. The largest absolute Gasteiger partial charge is 0.299 e. The number of Topliss-reactive ketones (excluding diaryl/α,β-unsaturated/α-hetero) is 1. The lowest BCUT2D eigenvalue weighted by Gasteiger charge is -2.05. The summed E-state index contributed by atoms with van der Waals surface area (Å²) < 4.78 is 0. The molecule has 0 aliphatic carbocycles. The molecule has 92 valence electrons. The molecule has 0 aromatic heterocycles. The van der Waals surface area contributed by atoms with Crippen molar-refractivity contribution in [3.63, 3.8) is 0 Å². The Balaban J connectivity index is 2.11. The third-order valence-corrected chi connectivity index (χ3v) is 3.13. The van der Waals surface area contributed by atoms with Gasteiger partial charge in [-0.05, 0) is 29.2 Å². The van der Waals surface area contributed by atoms with Gasteiger partial charge in [0, 0.05) is 12.8 Å². The Hall–Kier alpha value is -1.89. The monoisotopic (exact) mass is 238 g/mol. The highest BCUT2D eigenvalue weighted by Gasteiger charge is 2.06. The Kier molecular flexibility index (Phi) is 4.30. The van der Waals surface area contributed by atoms with Crippen LogP contribution in [0.1, 0.15) is 24.8 Å². The minimum atomic E-state index is 0.313. The first-order chi connectivity index (χ1) is 8.81. The molecule has 0 amide bonds. The maximum Gasteiger partial charge on any atom is 0.137 e. The number of hydrogen-bond donors (Lipinski definition) is 0. The van der Waals surface area contributed by atoms with Crippen LogP contribution in [0.2, 0.25) is 0 Å². The molecule has 18 heavy (non-hydrogen) atoms. The molecule has 1 nitrogen and oxygen atoms in total. The number of rotatable bonds is 6. The summed E-state index contributed by atoms with van der Waals surface area (Å²) in [5.74, 6) is 0.313. The van der Waals surface area contributed by atoms with Gasteiger partial charge in [-0.25, -0.2) is 0 Å². The molecule has 0 unspecified atom stereocenters. The van der Waals surface area contributed by atoms with Gasteiger partial charge >= 0.3 is 0 Å². The summed E-state index contributed by atoms with van der Waals surface area (Å²) in [7, 11) is 0. The maximum atomic E-state index is 11.9. The van der Waals surface area contributed by atoms with Crippen LogP contribution in [0.3, 0.4) is 0 Å². The normalized spacial score (nSPS) is 10.4. The van der Waals surface area contributed by atoms with Crippen LogP contribution in [0.25, 0.3) is 10.8 Å². The molecule has 0 radical (unpaired) electrons. The molecule has 0 saturated heterocycles. The van der Waals surface area contributed by atoms with Crippen molar-refractivity contribution in [2.75, 3.05) is 0 Å². The van der Waals surface area contributed by atoms with Crippen molar-refractivity contribution in [3.8, 4) is 0 Å². The lowest BCUT2D eigenvalue weighted by Crippen LogP contribution is -2.02. The summed E-state index contributed by atoms with van der Waals surface area (Å²) in [6, 6.07) is 14.4.